The van der Waals surface area contributed by atoms with Crippen molar-refractivity contribution >= 4 is 0 Å². The minimum absolute atomic E-state index is 0.417. The molecule has 0 saturated heterocycles. The first-order valence-corrected chi connectivity index (χ1v) is 4.09. The molecule has 4 nitrogen and oxygen atoms in total. The van der Waals surface area contributed by atoms with Crippen LogP contribution in [0.1, 0.15) is 19.8 Å². The van der Waals surface area contributed by atoms with Gasteiger partial charge in [-0.2, -0.15) is 0 Å². The quantitative estimate of drug-likeness (QED) is 0.461. The molecule has 74 valence electrons. The summed E-state index contributed by atoms with van der Waals surface area (Å²) in [6.45, 7) is 3.24. The molecule has 0 saturated carbocycles. The fraction of sp³-hybridized carbons (Fsp3) is 1.00. The minimum atomic E-state index is -1.45. The molecule has 4 heteroatoms. The predicted molar refractivity (Wildman–Crippen MR) is 44.7 cm³/mol. The van der Waals surface area contributed by atoms with E-state index in [0.717, 1.165) is 0 Å². The lowest BCUT2D eigenvalue weighted by Gasteiger charge is -2.23. The average molecular weight is 178 g/mol. The van der Waals surface area contributed by atoms with Crippen molar-refractivity contribution in [2.75, 3.05) is 27.4 Å². The number of ether oxygens (including phenoxy) is 3. The van der Waals surface area contributed by atoms with Crippen molar-refractivity contribution in [1.82, 2.24) is 0 Å². The fourth-order valence-corrected chi connectivity index (χ4v) is 0.829. The molecule has 0 aromatic rings. The summed E-state index contributed by atoms with van der Waals surface area (Å²) in [6.07, 6.45) is 1.13. The number of hydrogen-bond donors (Lipinski definition) is 1. The van der Waals surface area contributed by atoms with Crippen molar-refractivity contribution in [3.8, 4) is 0 Å². The van der Waals surface area contributed by atoms with Crippen LogP contribution in [-0.4, -0.2) is 38.5 Å². The zero-order valence-electron chi connectivity index (χ0n) is 8.00. The van der Waals surface area contributed by atoms with Gasteiger partial charge in [0.25, 0.3) is 5.97 Å². The maximum atomic E-state index is 9.43. The van der Waals surface area contributed by atoms with Crippen LogP contribution in [0.15, 0.2) is 0 Å². The van der Waals surface area contributed by atoms with Gasteiger partial charge in [-0.15, -0.1) is 0 Å². The normalized spacial score (nSPS) is 12.0. The highest BCUT2D eigenvalue weighted by Gasteiger charge is 2.24. The lowest BCUT2D eigenvalue weighted by molar-refractivity contribution is -0.343. The number of rotatable bonds is 7. The topological polar surface area (TPSA) is 47.9 Å². The van der Waals surface area contributed by atoms with Crippen LogP contribution in [0.5, 0.6) is 0 Å². The van der Waals surface area contributed by atoms with E-state index in [0.29, 0.717) is 26.1 Å². The predicted octanol–water partition coefficient (Wildman–Crippen LogP) is 0.742. The van der Waals surface area contributed by atoms with Crippen LogP contribution < -0.4 is 0 Å². The summed E-state index contributed by atoms with van der Waals surface area (Å²) >= 11 is 0. The Morgan fingerprint density at radius 3 is 2.25 bits per heavy atom. The van der Waals surface area contributed by atoms with Gasteiger partial charge in [0.15, 0.2) is 0 Å². The second kappa shape index (κ2) is 6.37. The summed E-state index contributed by atoms with van der Waals surface area (Å²) in [4.78, 5) is 0. The highest BCUT2D eigenvalue weighted by molar-refractivity contribution is 4.52. The van der Waals surface area contributed by atoms with Gasteiger partial charge in [0.05, 0.1) is 0 Å². The zero-order valence-corrected chi connectivity index (χ0v) is 8.00. The molecule has 0 atom stereocenters. The van der Waals surface area contributed by atoms with Crippen LogP contribution in [0, 0.1) is 0 Å². The molecule has 0 heterocycles. The van der Waals surface area contributed by atoms with Crippen molar-refractivity contribution < 1.29 is 19.3 Å². The van der Waals surface area contributed by atoms with Gasteiger partial charge in [-0.25, -0.2) is 0 Å². The van der Waals surface area contributed by atoms with Gasteiger partial charge in [-0.05, 0) is 13.3 Å². The molecule has 12 heavy (non-hydrogen) atoms. The summed E-state index contributed by atoms with van der Waals surface area (Å²) in [7, 11) is 2.81. The Labute approximate surface area is 73.4 Å². The van der Waals surface area contributed by atoms with Crippen molar-refractivity contribution in [2.45, 2.75) is 25.7 Å². The van der Waals surface area contributed by atoms with Crippen molar-refractivity contribution in [3.63, 3.8) is 0 Å². The Morgan fingerprint density at radius 1 is 1.25 bits per heavy atom. The monoisotopic (exact) mass is 178 g/mol. The maximum absolute atomic E-state index is 9.43. The third-order valence-electron chi connectivity index (χ3n) is 1.62. The Hall–Kier alpha value is -0.160. The molecule has 0 aliphatic rings. The van der Waals surface area contributed by atoms with Crippen LogP contribution in [0.4, 0.5) is 0 Å². The molecule has 0 aromatic heterocycles. The fourth-order valence-electron chi connectivity index (χ4n) is 0.829. The summed E-state index contributed by atoms with van der Waals surface area (Å²) in [6, 6.07) is 0. The summed E-state index contributed by atoms with van der Waals surface area (Å²) in [5.41, 5.74) is 0. The lowest BCUT2D eigenvalue weighted by atomic mass is 10.3. The SMILES string of the molecule is CCOCCCC(O)(OC)OC. The minimum Gasteiger partial charge on any atom is -0.382 e. The first-order valence-electron chi connectivity index (χ1n) is 4.09. The van der Waals surface area contributed by atoms with E-state index in [2.05, 4.69) is 0 Å². The van der Waals surface area contributed by atoms with E-state index in [1.54, 1.807) is 0 Å². The first-order chi connectivity index (χ1) is 5.68. The largest absolute Gasteiger partial charge is 0.382 e. The zero-order chi connectivity index (χ0) is 9.45. The van der Waals surface area contributed by atoms with E-state index >= 15 is 0 Å². The van der Waals surface area contributed by atoms with Gasteiger partial charge in [0.2, 0.25) is 0 Å². The van der Waals surface area contributed by atoms with Crippen LogP contribution in [-0.2, 0) is 14.2 Å². The highest BCUT2D eigenvalue weighted by atomic mass is 16.8. The summed E-state index contributed by atoms with van der Waals surface area (Å²) < 4.78 is 14.6. The van der Waals surface area contributed by atoms with E-state index in [4.69, 9.17) is 14.2 Å². The smallest absolute Gasteiger partial charge is 0.279 e. The van der Waals surface area contributed by atoms with Crippen molar-refractivity contribution in [3.05, 3.63) is 0 Å². The molecule has 0 unspecified atom stereocenters. The van der Waals surface area contributed by atoms with Crippen LogP contribution >= 0.6 is 0 Å². The summed E-state index contributed by atoms with van der Waals surface area (Å²) in [5, 5.41) is 9.43. The van der Waals surface area contributed by atoms with Crippen LogP contribution in [0.3, 0.4) is 0 Å². The van der Waals surface area contributed by atoms with Gasteiger partial charge < -0.3 is 19.3 Å². The van der Waals surface area contributed by atoms with Crippen molar-refractivity contribution in [1.29, 1.82) is 0 Å². The Morgan fingerprint density at radius 2 is 1.83 bits per heavy atom. The molecule has 0 spiro atoms. The van der Waals surface area contributed by atoms with E-state index in [9.17, 15) is 5.11 Å². The lowest BCUT2D eigenvalue weighted by Crippen LogP contribution is -2.33. The van der Waals surface area contributed by atoms with Crippen LogP contribution in [0.2, 0.25) is 0 Å². The molecule has 0 rings (SSSR count). The summed E-state index contributed by atoms with van der Waals surface area (Å²) in [5.74, 6) is -1.45. The molecular weight excluding hydrogens is 160 g/mol. The van der Waals surface area contributed by atoms with Crippen molar-refractivity contribution in [2.24, 2.45) is 0 Å². The van der Waals surface area contributed by atoms with Gasteiger partial charge in [0, 0.05) is 33.9 Å². The second-order valence-corrected chi connectivity index (χ2v) is 2.42. The van der Waals surface area contributed by atoms with Crippen LogP contribution in [0.25, 0.3) is 0 Å². The van der Waals surface area contributed by atoms with E-state index < -0.39 is 5.97 Å². The Bertz CT molecular complexity index is 101. The number of aliphatic hydroxyl groups is 1. The molecule has 1 N–H and O–H groups in total. The molecular formula is C8H18O4. The highest BCUT2D eigenvalue weighted by Crippen LogP contribution is 2.13. The van der Waals surface area contributed by atoms with E-state index in [-0.39, 0.29) is 0 Å². The van der Waals surface area contributed by atoms with Gasteiger partial charge in [-0.1, -0.05) is 0 Å². The molecule has 0 aromatic carbocycles. The molecule has 0 fully saturated rings. The third-order valence-corrected chi connectivity index (χ3v) is 1.62. The first kappa shape index (κ1) is 11.8. The standard InChI is InChI=1S/C8H18O4/c1-4-12-7-5-6-8(9,10-2)11-3/h9H,4-7H2,1-3H3. The Kier molecular flexibility index (Phi) is 6.28. The molecule has 0 radical (unpaired) electrons. The number of methoxy groups -OCH3 is 2. The molecule has 0 bridgehead atoms. The van der Waals surface area contributed by atoms with E-state index in [1.165, 1.54) is 14.2 Å². The third kappa shape index (κ3) is 4.66. The maximum Gasteiger partial charge on any atom is 0.279 e. The van der Waals surface area contributed by atoms with Gasteiger partial charge >= 0.3 is 0 Å². The molecule has 0 aliphatic heterocycles. The molecule has 0 aliphatic carbocycles. The average Bonchev–Trinajstić information content (AvgIpc) is 2.12. The Balaban J connectivity index is 3.45. The van der Waals surface area contributed by atoms with Gasteiger partial charge in [-0.3, -0.25) is 0 Å². The van der Waals surface area contributed by atoms with E-state index in [1.807, 2.05) is 6.92 Å². The molecule has 0 amide bonds. The number of hydrogen-bond acceptors (Lipinski definition) is 4. The van der Waals surface area contributed by atoms with Gasteiger partial charge in [0.1, 0.15) is 0 Å². The second-order valence-electron chi connectivity index (χ2n) is 2.42.